The molecule has 0 spiro atoms. The lowest BCUT2D eigenvalue weighted by Crippen LogP contribution is -2.40. The van der Waals surface area contributed by atoms with E-state index in [0.29, 0.717) is 43.5 Å². The average Bonchev–Trinajstić information content (AvgIpc) is 3.28. The number of hydrogen-bond acceptors (Lipinski definition) is 7. The highest BCUT2D eigenvalue weighted by Gasteiger charge is 2.19. The van der Waals surface area contributed by atoms with Crippen molar-refractivity contribution in [3.8, 4) is 11.1 Å². The number of amides is 1. The molecule has 1 fully saturated rings. The lowest BCUT2D eigenvalue weighted by atomic mass is 10.1. The Labute approximate surface area is 191 Å². The molecule has 0 unspecified atom stereocenters. The zero-order valence-corrected chi connectivity index (χ0v) is 18.6. The van der Waals surface area contributed by atoms with E-state index in [1.165, 1.54) is 0 Å². The van der Waals surface area contributed by atoms with E-state index in [1.807, 2.05) is 28.9 Å². The van der Waals surface area contributed by atoms with Crippen molar-refractivity contribution in [3.05, 3.63) is 60.4 Å². The number of fused-ring (bicyclic) bond motifs is 1. The predicted octanol–water partition coefficient (Wildman–Crippen LogP) is 3.69. The molecular formula is C24H25N7O2. The number of anilines is 2. The first-order valence-electron chi connectivity index (χ1n) is 11.0. The van der Waals surface area contributed by atoms with E-state index in [1.54, 1.807) is 29.4 Å². The minimum absolute atomic E-state index is 0.0193. The molecule has 0 aliphatic carbocycles. The molecule has 0 bridgehead atoms. The predicted molar refractivity (Wildman–Crippen MR) is 125 cm³/mol. The van der Waals surface area contributed by atoms with Crippen molar-refractivity contribution in [2.75, 3.05) is 31.6 Å². The number of nitrogens with zero attached hydrogens (tertiary/aromatic N) is 6. The lowest BCUT2D eigenvalue weighted by Gasteiger charge is -2.26. The third-order valence-electron chi connectivity index (χ3n) is 5.61. The number of aromatic nitrogens is 5. The molecule has 1 aromatic carbocycles. The summed E-state index contributed by atoms with van der Waals surface area (Å²) in [6, 6.07) is 13.7. The van der Waals surface area contributed by atoms with E-state index in [0.717, 1.165) is 22.2 Å². The smallest absolute Gasteiger partial charge is 0.254 e. The molecule has 0 saturated carbocycles. The first-order valence-corrected chi connectivity index (χ1v) is 11.0. The van der Waals surface area contributed by atoms with Crippen molar-refractivity contribution in [3.63, 3.8) is 0 Å². The van der Waals surface area contributed by atoms with Crippen LogP contribution < -0.4 is 5.32 Å². The van der Waals surface area contributed by atoms with Crippen molar-refractivity contribution >= 4 is 28.6 Å². The van der Waals surface area contributed by atoms with Gasteiger partial charge in [-0.15, -0.1) is 5.10 Å². The van der Waals surface area contributed by atoms with Gasteiger partial charge in [0.25, 0.3) is 5.91 Å². The summed E-state index contributed by atoms with van der Waals surface area (Å²) in [5.41, 5.74) is 4.49. The van der Waals surface area contributed by atoms with Gasteiger partial charge in [0.2, 0.25) is 0 Å². The van der Waals surface area contributed by atoms with Crippen LogP contribution in [0.5, 0.6) is 0 Å². The molecule has 1 saturated heterocycles. The van der Waals surface area contributed by atoms with Crippen LogP contribution in [0, 0.1) is 0 Å². The molecular weight excluding hydrogens is 418 g/mol. The fourth-order valence-corrected chi connectivity index (χ4v) is 3.89. The Morgan fingerprint density at radius 1 is 0.970 bits per heavy atom. The van der Waals surface area contributed by atoms with Crippen LogP contribution >= 0.6 is 0 Å². The lowest BCUT2D eigenvalue weighted by molar-refractivity contribution is 0.0303. The second-order valence-electron chi connectivity index (χ2n) is 8.22. The standard InChI is InChI=1S/C24H25N7O2/c1-16(2)31-21-13-17(3-4-20(21)28-29-31)18-5-7-25-22(14-18)27-23-15-19(6-8-26-23)24(32)30-9-11-33-12-10-30/h3-8,13-16H,9-12H2,1-2H3,(H,25,26,27). The summed E-state index contributed by atoms with van der Waals surface area (Å²) >= 11 is 0. The molecule has 4 heterocycles. The Morgan fingerprint density at radius 2 is 1.70 bits per heavy atom. The Balaban J connectivity index is 1.38. The molecule has 1 aliphatic rings. The van der Waals surface area contributed by atoms with Crippen molar-refractivity contribution in [1.29, 1.82) is 0 Å². The van der Waals surface area contributed by atoms with Crippen LogP contribution in [0.25, 0.3) is 22.2 Å². The molecule has 0 radical (unpaired) electrons. The highest BCUT2D eigenvalue weighted by Crippen LogP contribution is 2.27. The Morgan fingerprint density at radius 3 is 2.48 bits per heavy atom. The molecule has 9 nitrogen and oxygen atoms in total. The van der Waals surface area contributed by atoms with Crippen LogP contribution in [-0.2, 0) is 4.74 Å². The Kier molecular flexibility index (Phi) is 5.70. The maximum absolute atomic E-state index is 12.8. The van der Waals surface area contributed by atoms with Gasteiger partial charge in [0, 0.05) is 37.1 Å². The largest absolute Gasteiger partial charge is 0.378 e. The number of pyridine rings is 2. The van der Waals surface area contributed by atoms with Crippen LogP contribution in [0.15, 0.2) is 54.9 Å². The number of nitrogens with one attached hydrogen (secondary N) is 1. The fourth-order valence-electron chi connectivity index (χ4n) is 3.89. The summed E-state index contributed by atoms with van der Waals surface area (Å²) in [5.74, 6) is 1.19. The monoisotopic (exact) mass is 443 g/mol. The number of hydrogen-bond donors (Lipinski definition) is 1. The highest BCUT2D eigenvalue weighted by atomic mass is 16.5. The Bertz CT molecular complexity index is 1290. The zero-order chi connectivity index (χ0) is 22.8. The molecule has 1 aliphatic heterocycles. The van der Waals surface area contributed by atoms with Gasteiger partial charge < -0.3 is 15.0 Å². The zero-order valence-electron chi connectivity index (χ0n) is 18.6. The van der Waals surface area contributed by atoms with Gasteiger partial charge in [0.15, 0.2) is 0 Å². The van der Waals surface area contributed by atoms with E-state index in [4.69, 9.17) is 4.74 Å². The summed E-state index contributed by atoms with van der Waals surface area (Å²) in [6.45, 7) is 6.50. The first-order chi connectivity index (χ1) is 16.1. The van der Waals surface area contributed by atoms with Crippen molar-refractivity contribution in [2.45, 2.75) is 19.9 Å². The summed E-state index contributed by atoms with van der Waals surface area (Å²) in [5, 5.41) is 11.7. The SMILES string of the molecule is CC(C)n1nnc2ccc(-c3ccnc(Nc4cc(C(=O)N5CCOCC5)ccn4)c3)cc21. The van der Waals surface area contributed by atoms with Gasteiger partial charge in [0.1, 0.15) is 17.2 Å². The van der Waals surface area contributed by atoms with Gasteiger partial charge in [-0.05, 0) is 61.4 Å². The van der Waals surface area contributed by atoms with Crippen molar-refractivity contribution < 1.29 is 9.53 Å². The first kappa shape index (κ1) is 21.0. The third-order valence-corrected chi connectivity index (χ3v) is 5.61. The van der Waals surface area contributed by atoms with Crippen LogP contribution in [0.1, 0.15) is 30.2 Å². The number of ether oxygens (including phenoxy) is 1. The van der Waals surface area contributed by atoms with Gasteiger partial charge in [-0.2, -0.15) is 0 Å². The summed E-state index contributed by atoms with van der Waals surface area (Å²) < 4.78 is 7.25. The second kappa shape index (κ2) is 8.95. The van der Waals surface area contributed by atoms with E-state index < -0.39 is 0 Å². The van der Waals surface area contributed by atoms with Crippen molar-refractivity contribution in [1.82, 2.24) is 29.9 Å². The molecule has 33 heavy (non-hydrogen) atoms. The number of carbonyl (C=O) groups is 1. The summed E-state index contributed by atoms with van der Waals surface area (Å²) in [6.07, 6.45) is 3.39. The minimum atomic E-state index is -0.0193. The van der Waals surface area contributed by atoms with Gasteiger partial charge in [0.05, 0.1) is 18.7 Å². The molecule has 168 valence electrons. The summed E-state index contributed by atoms with van der Waals surface area (Å²) in [7, 11) is 0. The van der Waals surface area contributed by atoms with Gasteiger partial charge in [-0.25, -0.2) is 14.6 Å². The molecule has 1 N–H and O–H groups in total. The van der Waals surface area contributed by atoms with E-state index in [-0.39, 0.29) is 11.9 Å². The second-order valence-corrected chi connectivity index (χ2v) is 8.22. The molecule has 5 rings (SSSR count). The summed E-state index contributed by atoms with van der Waals surface area (Å²) in [4.78, 5) is 23.4. The Hall–Kier alpha value is -3.85. The number of morpholine rings is 1. The maximum Gasteiger partial charge on any atom is 0.254 e. The quantitative estimate of drug-likeness (QED) is 0.502. The molecule has 0 atom stereocenters. The van der Waals surface area contributed by atoms with E-state index in [9.17, 15) is 4.79 Å². The maximum atomic E-state index is 12.8. The number of rotatable bonds is 5. The van der Waals surface area contributed by atoms with E-state index >= 15 is 0 Å². The van der Waals surface area contributed by atoms with Crippen molar-refractivity contribution in [2.24, 2.45) is 0 Å². The number of carbonyl (C=O) groups excluding carboxylic acids is 1. The third kappa shape index (κ3) is 4.40. The topological polar surface area (TPSA) is 98.1 Å². The fraction of sp³-hybridized carbons (Fsp3) is 0.292. The molecule has 9 heteroatoms. The van der Waals surface area contributed by atoms with Crippen LogP contribution in [0.3, 0.4) is 0 Å². The normalized spacial score (nSPS) is 14.1. The van der Waals surface area contributed by atoms with Crippen LogP contribution in [-0.4, -0.2) is 62.1 Å². The molecule has 4 aromatic rings. The van der Waals surface area contributed by atoms with Gasteiger partial charge in [-0.3, -0.25) is 4.79 Å². The van der Waals surface area contributed by atoms with Gasteiger partial charge >= 0.3 is 0 Å². The van der Waals surface area contributed by atoms with Crippen LogP contribution in [0.2, 0.25) is 0 Å². The van der Waals surface area contributed by atoms with E-state index in [2.05, 4.69) is 45.5 Å². The number of benzene rings is 1. The highest BCUT2D eigenvalue weighted by molar-refractivity contribution is 5.95. The van der Waals surface area contributed by atoms with Gasteiger partial charge in [-0.1, -0.05) is 11.3 Å². The minimum Gasteiger partial charge on any atom is -0.378 e. The molecule has 1 amide bonds. The average molecular weight is 444 g/mol. The molecule has 3 aromatic heterocycles. The van der Waals surface area contributed by atoms with Crippen LogP contribution in [0.4, 0.5) is 11.6 Å².